The minimum atomic E-state index is -0.877. The van der Waals surface area contributed by atoms with E-state index >= 15 is 0 Å². The Morgan fingerprint density at radius 3 is 2.78 bits per heavy atom. The second-order valence-electron chi connectivity index (χ2n) is 3.80. The van der Waals surface area contributed by atoms with E-state index in [-0.39, 0.29) is 11.6 Å². The normalized spacial score (nSPS) is 12.7. The molecule has 0 aliphatic heterocycles. The summed E-state index contributed by atoms with van der Waals surface area (Å²) >= 11 is 1.27. The maximum Gasteiger partial charge on any atom is 0.169 e. The molecule has 2 aromatic rings. The van der Waals surface area contributed by atoms with Crippen LogP contribution in [0.4, 0.5) is 8.78 Å². The van der Waals surface area contributed by atoms with Crippen LogP contribution >= 0.6 is 11.3 Å². The van der Waals surface area contributed by atoms with Gasteiger partial charge in [0, 0.05) is 0 Å². The highest BCUT2D eigenvalue weighted by atomic mass is 32.1. The van der Waals surface area contributed by atoms with Gasteiger partial charge in [-0.05, 0) is 25.6 Å². The zero-order chi connectivity index (χ0) is 13.1. The average molecular weight is 269 g/mol. The van der Waals surface area contributed by atoms with E-state index in [0.717, 1.165) is 17.5 Å². The number of hydrogen-bond acceptors (Lipinski definition) is 4. The van der Waals surface area contributed by atoms with Crippen LogP contribution < -0.4 is 5.32 Å². The molecule has 3 nitrogen and oxygen atoms in total. The number of benzene rings is 1. The zero-order valence-electron chi connectivity index (χ0n) is 10.1. The number of aromatic nitrogens is 2. The fraction of sp³-hybridized carbons (Fsp3) is 0.333. The molecule has 6 heteroatoms. The summed E-state index contributed by atoms with van der Waals surface area (Å²) in [4.78, 5) is 0. The molecule has 1 aromatic heterocycles. The van der Waals surface area contributed by atoms with Crippen molar-refractivity contribution in [3.8, 4) is 10.6 Å². The molecular formula is C12H13F2N3S. The molecule has 96 valence electrons. The van der Waals surface area contributed by atoms with Gasteiger partial charge in [-0.3, -0.25) is 0 Å². The standard InChI is InChI=1S/C12H13F2N3S/c1-3-9(15-2)12-17-16-11(18-12)7-5-4-6-8(13)10(7)14/h4-6,9,15H,3H2,1-2H3. The Balaban J connectivity index is 2.38. The third-order valence-electron chi connectivity index (χ3n) is 2.68. The minimum absolute atomic E-state index is 0.0906. The van der Waals surface area contributed by atoms with E-state index in [9.17, 15) is 8.78 Å². The third kappa shape index (κ3) is 2.39. The lowest BCUT2D eigenvalue weighted by Crippen LogP contribution is -2.14. The Hall–Kier alpha value is -1.40. The third-order valence-corrected chi connectivity index (χ3v) is 3.75. The molecule has 1 N–H and O–H groups in total. The first-order valence-corrected chi connectivity index (χ1v) is 6.44. The molecule has 0 radical (unpaired) electrons. The van der Waals surface area contributed by atoms with Crippen molar-refractivity contribution in [1.82, 2.24) is 15.5 Å². The zero-order valence-corrected chi connectivity index (χ0v) is 10.9. The summed E-state index contributed by atoms with van der Waals surface area (Å²) in [6.45, 7) is 2.02. The first-order valence-electron chi connectivity index (χ1n) is 5.62. The highest BCUT2D eigenvalue weighted by Crippen LogP contribution is 2.30. The number of rotatable bonds is 4. The highest BCUT2D eigenvalue weighted by Gasteiger charge is 2.17. The van der Waals surface area contributed by atoms with Gasteiger partial charge in [0.15, 0.2) is 16.6 Å². The van der Waals surface area contributed by atoms with Gasteiger partial charge in [0.1, 0.15) is 5.01 Å². The molecule has 18 heavy (non-hydrogen) atoms. The lowest BCUT2D eigenvalue weighted by Gasteiger charge is -2.08. The van der Waals surface area contributed by atoms with E-state index in [1.807, 2.05) is 14.0 Å². The molecule has 0 amide bonds. The van der Waals surface area contributed by atoms with Crippen molar-refractivity contribution < 1.29 is 8.78 Å². The van der Waals surface area contributed by atoms with Crippen LogP contribution in [0, 0.1) is 11.6 Å². The molecule has 1 atom stereocenters. The molecule has 0 aliphatic rings. The van der Waals surface area contributed by atoms with E-state index in [1.54, 1.807) is 0 Å². The van der Waals surface area contributed by atoms with E-state index < -0.39 is 11.6 Å². The first kappa shape index (κ1) is 13.0. The molecule has 0 aliphatic carbocycles. The molecule has 2 rings (SSSR count). The molecule has 1 heterocycles. The van der Waals surface area contributed by atoms with Crippen molar-refractivity contribution >= 4 is 11.3 Å². The van der Waals surface area contributed by atoms with Gasteiger partial charge in [-0.15, -0.1) is 10.2 Å². The van der Waals surface area contributed by atoms with E-state index in [4.69, 9.17) is 0 Å². The van der Waals surface area contributed by atoms with Gasteiger partial charge >= 0.3 is 0 Å². The van der Waals surface area contributed by atoms with Gasteiger partial charge in [-0.25, -0.2) is 8.78 Å². The van der Waals surface area contributed by atoms with Gasteiger partial charge in [0.05, 0.1) is 11.6 Å². The van der Waals surface area contributed by atoms with Crippen molar-refractivity contribution in [3.63, 3.8) is 0 Å². The molecule has 0 fully saturated rings. The first-order chi connectivity index (χ1) is 8.67. The van der Waals surface area contributed by atoms with Gasteiger partial charge < -0.3 is 5.32 Å². The van der Waals surface area contributed by atoms with Crippen molar-refractivity contribution in [1.29, 1.82) is 0 Å². The van der Waals surface area contributed by atoms with Crippen LogP contribution in [0.15, 0.2) is 18.2 Å². The molecule has 0 saturated carbocycles. The summed E-state index contributed by atoms with van der Waals surface area (Å²) in [6, 6.07) is 4.14. The molecule has 1 aromatic carbocycles. The highest BCUT2D eigenvalue weighted by molar-refractivity contribution is 7.14. The Bertz CT molecular complexity index is 538. The molecule has 0 bridgehead atoms. The van der Waals surface area contributed by atoms with Crippen molar-refractivity contribution in [2.24, 2.45) is 0 Å². The number of hydrogen-bond donors (Lipinski definition) is 1. The minimum Gasteiger partial charge on any atom is -0.311 e. The predicted octanol–water partition coefficient (Wildman–Crippen LogP) is 3.15. The van der Waals surface area contributed by atoms with Gasteiger partial charge in [0.25, 0.3) is 0 Å². The molecular weight excluding hydrogens is 256 g/mol. The lowest BCUT2D eigenvalue weighted by atomic mass is 10.2. The molecule has 0 spiro atoms. The number of nitrogens with zero attached hydrogens (tertiary/aromatic N) is 2. The fourth-order valence-electron chi connectivity index (χ4n) is 1.66. The van der Waals surface area contributed by atoms with Crippen LogP contribution in [0.3, 0.4) is 0 Å². The van der Waals surface area contributed by atoms with E-state index in [1.165, 1.54) is 23.5 Å². The second-order valence-corrected chi connectivity index (χ2v) is 4.81. The lowest BCUT2D eigenvalue weighted by molar-refractivity contribution is 0.511. The average Bonchev–Trinajstić information content (AvgIpc) is 2.84. The Kier molecular flexibility index (Phi) is 3.98. The summed E-state index contributed by atoms with van der Waals surface area (Å²) in [5, 5.41) is 12.2. The van der Waals surface area contributed by atoms with Gasteiger partial charge in [0.2, 0.25) is 0 Å². The summed E-state index contributed by atoms with van der Waals surface area (Å²) in [7, 11) is 1.83. The maximum atomic E-state index is 13.6. The summed E-state index contributed by atoms with van der Waals surface area (Å²) in [6.07, 6.45) is 0.858. The fourth-order valence-corrected chi connectivity index (χ4v) is 2.71. The second kappa shape index (κ2) is 5.49. The predicted molar refractivity (Wildman–Crippen MR) is 67.4 cm³/mol. The number of nitrogens with one attached hydrogen (secondary N) is 1. The number of halogens is 2. The van der Waals surface area contributed by atoms with Gasteiger partial charge in [-0.2, -0.15) is 0 Å². The van der Waals surface area contributed by atoms with Crippen LogP contribution in [0.5, 0.6) is 0 Å². The smallest absolute Gasteiger partial charge is 0.169 e. The largest absolute Gasteiger partial charge is 0.311 e. The molecule has 1 unspecified atom stereocenters. The van der Waals surface area contributed by atoms with Crippen LogP contribution in [0.25, 0.3) is 10.6 Å². The maximum absolute atomic E-state index is 13.6. The summed E-state index contributed by atoms with van der Waals surface area (Å²) in [5.41, 5.74) is 0.157. The van der Waals surface area contributed by atoms with Crippen LogP contribution in [0.2, 0.25) is 0 Å². The van der Waals surface area contributed by atoms with Crippen molar-refractivity contribution in [2.45, 2.75) is 19.4 Å². The summed E-state index contributed by atoms with van der Waals surface area (Å²) < 4.78 is 26.7. The Morgan fingerprint density at radius 1 is 1.33 bits per heavy atom. The SMILES string of the molecule is CCC(NC)c1nnc(-c2cccc(F)c2F)s1. The van der Waals surface area contributed by atoms with Crippen LogP contribution in [-0.2, 0) is 0 Å². The topological polar surface area (TPSA) is 37.8 Å². The summed E-state index contributed by atoms with van der Waals surface area (Å²) in [5.74, 6) is -1.75. The van der Waals surface area contributed by atoms with Crippen molar-refractivity contribution in [3.05, 3.63) is 34.8 Å². The van der Waals surface area contributed by atoms with Crippen LogP contribution in [-0.4, -0.2) is 17.2 Å². The monoisotopic (exact) mass is 269 g/mol. The van der Waals surface area contributed by atoms with Crippen LogP contribution in [0.1, 0.15) is 24.4 Å². The van der Waals surface area contributed by atoms with E-state index in [0.29, 0.717) is 5.01 Å². The molecule has 0 saturated heterocycles. The van der Waals surface area contributed by atoms with Crippen molar-refractivity contribution in [2.75, 3.05) is 7.05 Å². The Labute approximate surface area is 108 Å². The van der Waals surface area contributed by atoms with E-state index in [2.05, 4.69) is 15.5 Å². The quantitative estimate of drug-likeness (QED) is 0.926. The van der Waals surface area contributed by atoms with Gasteiger partial charge in [-0.1, -0.05) is 24.3 Å². The Morgan fingerprint density at radius 2 is 2.11 bits per heavy atom.